The zero-order chi connectivity index (χ0) is 22.0. The van der Waals surface area contributed by atoms with Gasteiger partial charge in [-0.1, -0.05) is 0 Å². The second-order valence-electron chi connectivity index (χ2n) is 7.72. The first-order valence-electron chi connectivity index (χ1n) is 10.2. The van der Waals surface area contributed by atoms with E-state index < -0.39 is 0 Å². The van der Waals surface area contributed by atoms with Crippen LogP contribution < -0.4 is 4.90 Å². The molecule has 4 rings (SSSR count). The number of allylic oxidation sites excluding steroid dienone is 2. The second kappa shape index (κ2) is 9.65. The topological polar surface area (TPSA) is 64.0 Å². The fraction of sp³-hybridized carbons (Fsp3) is 0.348. The Hall–Kier alpha value is -2.00. The first kappa shape index (κ1) is 22.2. The summed E-state index contributed by atoms with van der Waals surface area (Å²) in [5.74, 6) is -0.129. The summed E-state index contributed by atoms with van der Waals surface area (Å²) in [7, 11) is 1.48. The van der Waals surface area contributed by atoms with Crippen LogP contribution >= 0.6 is 28.0 Å². The maximum Gasteiger partial charge on any atom is 0.204 e. The van der Waals surface area contributed by atoms with Crippen molar-refractivity contribution in [2.24, 2.45) is 4.99 Å². The van der Waals surface area contributed by atoms with Crippen LogP contribution in [0.5, 0.6) is 0 Å². The smallest absolute Gasteiger partial charge is 0.204 e. The molecule has 1 aliphatic heterocycles. The molecular formula is C23H24BrN3O3S. The zero-order valence-corrected chi connectivity index (χ0v) is 20.1. The zero-order valence-electron chi connectivity index (χ0n) is 17.7. The van der Waals surface area contributed by atoms with Crippen molar-refractivity contribution in [1.82, 2.24) is 4.98 Å². The highest BCUT2D eigenvalue weighted by atomic mass is 79.9. The van der Waals surface area contributed by atoms with E-state index in [9.17, 15) is 4.79 Å². The highest BCUT2D eigenvalue weighted by molar-refractivity contribution is 9.10. The predicted octanol–water partition coefficient (Wildman–Crippen LogP) is 6.07. The van der Waals surface area contributed by atoms with Crippen LogP contribution in [0.15, 0.2) is 57.0 Å². The molecule has 162 valence electrons. The lowest BCUT2D eigenvalue weighted by molar-refractivity contribution is -0.160. The molecule has 2 unspecified atom stereocenters. The van der Waals surface area contributed by atoms with Crippen LogP contribution in [-0.2, 0) is 9.22 Å². The number of ketones is 1. The summed E-state index contributed by atoms with van der Waals surface area (Å²) in [6, 6.07) is 8.95. The third kappa shape index (κ3) is 4.62. The first-order chi connectivity index (χ1) is 15.0. The maximum atomic E-state index is 12.3. The summed E-state index contributed by atoms with van der Waals surface area (Å²) in [5.41, 5.74) is 3.63. The van der Waals surface area contributed by atoms with Gasteiger partial charge in [-0.15, -0.1) is 0 Å². The van der Waals surface area contributed by atoms with Crippen molar-refractivity contribution in [3.05, 3.63) is 58.3 Å². The number of aliphatic imine (C=N–C) groups is 1. The van der Waals surface area contributed by atoms with Gasteiger partial charge in [0.25, 0.3) is 0 Å². The average Bonchev–Trinajstić information content (AvgIpc) is 2.75. The SMILES string of the molecule is COOSc1cc(N2C(C)CCCC2C)ccc1N=C1C=CC(=O)c2nccc(Br)c21. The van der Waals surface area contributed by atoms with Gasteiger partial charge in [0.2, 0.25) is 5.78 Å². The van der Waals surface area contributed by atoms with Crippen molar-refractivity contribution in [3.63, 3.8) is 0 Å². The Bertz CT molecular complexity index is 1050. The summed E-state index contributed by atoms with van der Waals surface area (Å²) < 4.78 is 5.97. The van der Waals surface area contributed by atoms with E-state index >= 15 is 0 Å². The molecule has 2 atom stereocenters. The largest absolute Gasteiger partial charge is 0.366 e. The number of nitrogens with zero attached hydrogens (tertiary/aromatic N) is 3. The Labute approximate surface area is 195 Å². The minimum atomic E-state index is -0.129. The first-order valence-corrected chi connectivity index (χ1v) is 11.8. The molecule has 1 saturated heterocycles. The van der Waals surface area contributed by atoms with E-state index in [0.29, 0.717) is 29.1 Å². The summed E-state index contributed by atoms with van der Waals surface area (Å²) in [4.78, 5) is 29.5. The molecule has 1 aromatic heterocycles. The summed E-state index contributed by atoms with van der Waals surface area (Å²) >= 11 is 4.67. The molecular weight excluding hydrogens is 478 g/mol. The second-order valence-corrected chi connectivity index (χ2v) is 9.31. The van der Waals surface area contributed by atoms with Crippen LogP contribution in [0.2, 0.25) is 0 Å². The highest BCUT2D eigenvalue weighted by Gasteiger charge is 2.26. The van der Waals surface area contributed by atoms with Crippen LogP contribution in [0, 0.1) is 0 Å². The van der Waals surface area contributed by atoms with E-state index in [-0.39, 0.29) is 5.78 Å². The van der Waals surface area contributed by atoms with E-state index in [1.165, 1.54) is 32.4 Å². The number of hydrogen-bond donors (Lipinski definition) is 0. The van der Waals surface area contributed by atoms with E-state index in [1.54, 1.807) is 12.3 Å². The molecule has 0 N–H and O–H groups in total. The molecule has 0 bridgehead atoms. The number of rotatable bonds is 5. The molecule has 1 aliphatic carbocycles. The van der Waals surface area contributed by atoms with Crippen LogP contribution in [0.4, 0.5) is 11.4 Å². The number of aromatic nitrogens is 1. The Morgan fingerprint density at radius 1 is 1.19 bits per heavy atom. The van der Waals surface area contributed by atoms with Gasteiger partial charge in [0, 0.05) is 34.0 Å². The predicted molar refractivity (Wildman–Crippen MR) is 127 cm³/mol. The molecule has 1 aromatic carbocycles. The summed E-state index contributed by atoms with van der Waals surface area (Å²) in [5, 5.41) is 0. The van der Waals surface area contributed by atoms with E-state index in [1.807, 2.05) is 12.1 Å². The Kier molecular flexibility index (Phi) is 6.91. The van der Waals surface area contributed by atoms with Gasteiger partial charge >= 0.3 is 0 Å². The van der Waals surface area contributed by atoms with Crippen molar-refractivity contribution in [3.8, 4) is 0 Å². The number of carbonyl (C=O) groups is 1. The molecule has 6 nitrogen and oxygen atoms in total. The number of fused-ring (bicyclic) bond motifs is 1. The van der Waals surface area contributed by atoms with Gasteiger partial charge in [-0.3, -0.25) is 9.78 Å². The number of benzene rings is 1. The van der Waals surface area contributed by atoms with Crippen LogP contribution in [-0.4, -0.2) is 35.7 Å². The van der Waals surface area contributed by atoms with Crippen molar-refractivity contribution in [1.29, 1.82) is 0 Å². The lowest BCUT2D eigenvalue weighted by Gasteiger charge is -2.41. The molecule has 0 saturated carbocycles. The molecule has 8 heteroatoms. The minimum absolute atomic E-state index is 0.129. The quantitative estimate of drug-likeness (QED) is 0.281. The lowest BCUT2D eigenvalue weighted by Crippen LogP contribution is -2.43. The van der Waals surface area contributed by atoms with E-state index in [0.717, 1.165) is 32.8 Å². The highest BCUT2D eigenvalue weighted by Crippen LogP contribution is 2.38. The van der Waals surface area contributed by atoms with E-state index in [4.69, 9.17) is 14.2 Å². The maximum absolute atomic E-state index is 12.3. The number of pyridine rings is 1. The Morgan fingerprint density at radius 2 is 1.97 bits per heavy atom. The van der Waals surface area contributed by atoms with Crippen molar-refractivity contribution >= 4 is 50.8 Å². The van der Waals surface area contributed by atoms with Gasteiger partial charge in [0.15, 0.2) is 0 Å². The standard InChI is InChI=1S/C23H24BrN3O3S/c1-14-5-4-6-15(2)27(14)16-7-8-18(21(13-16)31-30-29-3)26-19-9-10-20(28)23-22(19)17(24)11-12-25-23/h7-15H,4-6H2,1-3H3. The van der Waals surface area contributed by atoms with E-state index in [2.05, 4.69) is 51.8 Å². The molecule has 0 amide bonds. The minimum Gasteiger partial charge on any atom is -0.366 e. The number of carbonyl (C=O) groups excluding carboxylic acids is 1. The van der Waals surface area contributed by atoms with Crippen molar-refractivity contribution in [2.75, 3.05) is 12.0 Å². The van der Waals surface area contributed by atoms with Crippen molar-refractivity contribution in [2.45, 2.75) is 50.1 Å². The third-order valence-corrected chi connectivity index (χ3v) is 7.02. The Balaban J connectivity index is 1.77. The fourth-order valence-corrected chi connectivity index (χ4v) is 5.25. The summed E-state index contributed by atoms with van der Waals surface area (Å²) in [6.45, 7) is 4.54. The van der Waals surface area contributed by atoms with Gasteiger partial charge in [-0.2, -0.15) is 4.33 Å². The average molecular weight is 502 g/mol. The van der Waals surface area contributed by atoms with Crippen molar-refractivity contribution < 1.29 is 14.0 Å². The van der Waals surface area contributed by atoms with Crippen LogP contribution in [0.25, 0.3) is 0 Å². The summed E-state index contributed by atoms with van der Waals surface area (Å²) in [6.07, 6.45) is 8.47. The van der Waals surface area contributed by atoms with Crippen LogP contribution in [0.3, 0.4) is 0 Å². The van der Waals surface area contributed by atoms with Gasteiger partial charge in [0.1, 0.15) is 5.69 Å². The van der Waals surface area contributed by atoms with Crippen LogP contribution in [0.1, 0.15) is 49.2 Å². The number of halogens is 1. The Morgan fingerprint density at radius 3 is 2.71 bits per heavy atom. The lowest BCUT2D eigenvalue weighted by atomic mass is 9.96. The number of hydrogen-bond acceptors (Lipinski definition) is 7. The monoisotopic (exact) mass is 501 g/mol. The normalized spacial score (nSPS) is 22.1. The van der Waals surface area contributed by atoms with Gasteiger partial charge in [0.05, 0.1) is 35.4 Å². The molecule has 2 heterocycles. The molecule has 0 radical (unpaired) electrons. The van der Waals surface area contributed by atoms with Gasteiger partial charge < -0.3 is 4.90 Å². The number of anilines is 1. The molecule has 31 heavy (non-hydrogen) atoms. The molecule has 0 spiro atoms. The third-order valence-electron chi connectivity index (χ3n) is 5.65. The molecule has 2 aromatic rings. The van der Waals surface area contributed by atoms with Gasteiger partial charge in [-0.05, 0) is 85.5 Å². The number of piperidine rings is 1. The molecule has 1 fully saturated rings. The van der Waals surface area contributed by atoms with Gasteiger partial charge in [-0.25, -0.2) is 9.88 Å². The molecule has 2 aliphatic rings. The fourth-order valence-electron chi connectivity index (χ4n) is 4.23.